The second-order valence-corrected chi connectivity index (χ2v) is 7.90. The number of para-hydroxylation sites is 1. The Hall–Kier alpha value is -3.42. The average molecular weight is 439 g/mol. The van der Waals surface area contributed by atoms with Crippen LogP contribution in [0.4, 0.5) is 14.5 Å². The first kappa shape index (κ1) is 21.8. The Morgan fingerprint density at radius 1 is 1.16 bits per heavy atom. The maximum Gasteiger partial charge on any atom is 0.191 e. The van der Waals surface area contributed by atoms with Crippen LogP contribution in [0.5, 0.6) is 0 Å². The maximum absolute atomic E-state index is 14.1. The third kappa shape index (κ3) is 5.43. The van der Waals surface area contributed by atoms with Crippen molar-refractivity contribution in [3.05, 3.63) is 83.9 Å². The average Bonchev–Trinajstić information content (AvgIpc) is 3.45. The molecule has 1 unspecified atom stereocenters. The number of nitrogens with zero attached hydrogens (tertiary/aromatic N) is 4. The topological polar surface area (TPSA) is 57.5 Å². The molecule has 0 amide bonds. The van der Waals surface area contributed by atoms with Crippen LogP contribution in [0, 0.1) is 11.6 Å². The Morgan fingerprint density at radius 3 is 2.69 bits per heavy atom. The zero-order valence-corrected chi connectivity index (χ0v) is 18.1. The molecule has 2 aromatic carbocycles. The second kappa shape index (κ2) is 10.3. The molecule has 1 atom stereocenters. The molecule has 0 spiro atoms. The zero-order valence-electron chi connectivity index (χ0n) is 18.1. The van der Waals surface area contributed by atoms with Crippen molar-refractivity contribution in [2.75, 3.05) is 24.5 Å². The Balaban J connectivity index is 1.39. The van der Waals surface area contributed by atoms with Crippen molar-refractivity contribution in [2.24, 2.45) is 4.99 Å². The van der Waals surface area contributed by atoms with E-state index in [2.05, 4.69) is 33.8 Å². The van der Waals surface area contributed by atoms with Crippen molar-refractivity contribution in [1.29, 1.82) is 0 Å². The third-order valence-electron chi connectivity index (χ3n) is 5.46. The third-order valence-corrected chi connectivity index (χ3v) is 5.46. The van der Waals surface area contributed by atoms with Crippen molar-refractivity contribution in [2.45, 2.75) is 32.5 Å². The lowest BCUT2D eigenvalue weighted by Gasteiger charge is -2.21. The van der Waals surface area contributed by atoms with Crippen LogP contribution in [-0.4, -0.2) is 41.2 Å². The summed E-state index contributed by atoms with van der Waals surface area (Å²) >= 11 is 0. The monoisotopic (exact) mass is 438 g/mol. The van der Waals surface area contributed by atoms with E-state index >= 15 is 0 Å². The molecular formula is C24H28F2N6. The number of imidazole rings is 1. The highest BCUT2D eigenvalue weighted by Gasteiger charge is 2.27. The van der Waals surface area contributed by atoms with Crippen molar-refractivity contribution in [3.8, 4) is 0 Å². The molecule has 6 nitrogen and oxygen atoms in total. The summed E-state index contributed by atoms with van der Waals surface area (Å²) in [7, 11) is 0. The fourth-order valence-electron chi connectivity index (χ4n) is 3.97. The van der Waals surface area contributed by atoms with Crippen LogP contribution in [0.2, 0.25) is 0 Å². The molecule has 1 saturated heterocycles. The molecule has 168 valence electrons. The van der Waals surface area contributed by atoms with E-state index in [-0.39, 0.29) is 11.7 Å². The molecule has 2 N–H and O–H groups in total. The highest BCUT2D eigenvalue weighted by Crippen LogP contribution is 2.26. The normalized spacial score (nSPS) is 16.4. The predicted molar refractivity (Wildman–Crippen MR) is 123 cm³/mol. The van der Waals surface area contributed by atoms with E-state index in [9.17, 15) is 8.78 Å². The number of halogens is 2. The number of anilines is 1. The minimum absolute atomic E-state index is 0.0495. The number of hydrogen-bond donors (Lipinski definition) is 2. The summed E-state index contributed by atoms with van der Waals surface area (Å²) in [5, 5.41) is 6.68. The molecule has 1 aliphatic heterocycles. The molecule has 1 aromatic heterocycles. The molecule has 32 heavy (non-hydrogen) atoms. The van der Waals surface area contributed by atoms with Gasteiger partial charge in [-0.2, -0.15) is 0 Å². The number of hydrogen-bond acceptors (Lipinski definition) is 3. The lowest BCUT2D eigenvalue weighted by molar-refractivity contribution is 0.576. The smallest absolute Gasteiger partial charge is 0.191 e. The van der Waals surface area contributed by atoms with Gasteiger partial charge in [-0.1, -0.05) is 30.3 Å². The fourth-order valence-corrected chi connectivity index (χ4v) is 3.97. The standard InChI is InChI=1S/C24H28F2N6/c1-2-28-24(29-14-18-5-3-6-19(13-18)15-31-12-10-27-17-31)30-20-9-11-32(16-20)23-21(25)7-4-8-22(23)26/h3-8,10,12-13,17,20H,2,9,11,14-16H2,1H3,(H2,28,29,30). The Bertz CT molecular complexity index is 1030. The van der Waals surface area contributed by atoms with Gasteiger partial charge in [0.15, 0.2) is 5.96 Å². The number of aromatic nitrogens is 2. The summed E-state index contributed by atoms with van der Waals surface area (Å²) in [5.74, 6) is -0.350. The maximum atomic E-state index is 14.1. The lowest BCUT2D eigenvalue weighted by Crippen LogP contribution is -2.44. The first-order chi connectivity index (χ1) is 15.6. The molecule has 0 radical (unpaired) electrons. The van der Waals surface area contributed by atoms with Gasteiger partial charge in [-0.3, -0.25) is 0 Å². The summed E-state index contributed by atoms with van der Waals surface area (Å²) in [6, 6.07) is 12.4. The quantitative estimate of drug-likeness (QED) is 0.438. The highest BCUT2D eigenvalue weighted by molar-refractivity contribution is 5.80. The van der Waals surface area contributed by atoms with E-state index in [1.165, 1.54) is 23.8 Å². The van der Waals surface area contributed by atoms with Gasteiger partial charge in [0, 0.05) is 44.6 Å². The minimum atomic E-state index is -0.526. The molecule has 0 aliphatic carbocycles. The summed E-state index contributed by atoms with van der Waals surface area (Å²) in [4.78, 5) is 10.6. The number of rotatable bonds is 7. The van der Waals surface area contributed by atoms with Gasteiger partial charge in [0.25, 0.3) is 0 Å². The van der Waals surface area contributed by atoms with Gasteiger partial charge in [-0.25, -0.2) is 18.8 Å². The molecule has 0 saturated carbocycles. The number of benzene rings is 2. The Labute approximate surface area is 187 Å². The molecule has 1 aliphatic rings. The largest absolute Gasteiger partial charge is 0.365 e. The van der Waals surface area contributed by atoms with Gasteiger partial charge < -0.3 is 20.1 Å². The SMILES string of the molecule is CCNC(=NCc1cccc(Cn2ccnc2)c1)NC1CCN(c2c(F)cccc2F)C1. The van der Waals surface area contributed by atoms with Crippen LogP contribution in [0.15, 0.2) is 66.2 Å². The van der Waals surface area contributed by atoms with Gasteiger partial charge in [0.1, 0.15) is 17.3 Å². The van der Waals surface area contributed by atoms with Crippen molar-refractivity contribution < 1.29 is 8.78 Å². The Morgan fingerprint density at radius 2 is 1.94 bits per heavy atom. The van der Waals surface area contributed by atoms with Crippen LogP contribution in [-0.2, 0) is 13.1 Å². The first-order valence-electron chi connectivity index (χ1n) is 10.9. The molecule has 2 heterocycles. The van der Waals surface area contributed by atoms with E-state index in [4.69, 9.17) is 4.99 Å². The second-order valence-electron chi connectivity index (χ2n) is 7.90. The van der Waals surface area contributed by atoms with Crippen LogP contribution in [0.1, 0.15) is 24.5 Å². The lowest BCUT2D eigenvalue weighted by atomic mass is 10.1. The fraction of sp³-hybridized carbons (Fsp3) is 0.333. The first-order valence-corrected chi connectivity index (χ1v) is 10.9. The van der Waals surface area contributed by atoms with Gasteiger partial charge in [-0.15, -0.1) is 0 Å². The number of aliphatic imine (C=N–C) groups is 1. The summed E-state index contributed by atoms with van der Waals surface area (Å²) in [6.07, 6.45) is 6.29. The van der Waals surface area contributed by atoms with E-state index in [0.717, 1.165) is 25.1 Å². The van der Waals surface area contributed by atoms with Gasteiger partial charge in [0.2, 0.25) is 0 Å². The number of guanidine groups is 1. The minimum Gasteiger partial charge on any atom is -0.365 e. The summed E-state index contributed by atoms with van der Waals surface area (Å²) < 4.78 is 30.3. The Kier molecular flexibility index (Phi) is 6.99. The zero-order chi connectivity index (χ0) is 22.3. The van der Waals surface area contributed by atoms with Crippen LogP contribution >= 0.6 is 0 Å². The molecule has 0 bridgehead atoms. The molecule has 3 aromatic rings. The van der Waals surface area contributed by atoms with E-state index in [0.29, 0.717) is 25.6 Å². The number of nitrogens with one attached hydrogen (secondary N) is 2. The van der Waals surface area contributed by atoms with Crippen LogP contribution in [0.3, 0.4) is 0 Å². The van der Waals surface area contributed by atoms with Gasteiger partial charge in [0.05, 0.1) is 12.9 Å². The summed E-state index contributed by atoms with van der Waals surface area (Å²) in [6.45, 7) is 5.14. The van der Waals surface area contributed by atoms with Crippen LogP contribution < -0.4 is 15.5 Å². The van der Waals surface area contributed by atoms with Crippen molar-refractivity contribution in [3.63, 3.8) is 0 Å². The van der Waals surface area contributed by atoms with Crippen LogP contribution in [0.25, 0.3) is 0 Å². The van der Waals surface area contributed by atoms with Gasteiger partial charge >= 0.3 is 0 Å². The molecular weight excluding hydrogens is 410 g/mol. The van der Waals surface area contributed by atoms with E-state index in [1.54, 1.807) is 17.4 Å². The van der Waals surface area contributed by atoms with E-state index in [1.807, 2.05) is 23.8 Å². The molecule has 8 heteroatoms. The van der Waals surface area contributed by atoms with Crippen molar-refractivity contribution >= 4 is 11.6 Å². The van der Waals surface area contributed by atoms with Crippen molar-refractivity contribution in [1.82, 2.24) is 20.2 Å². The highest BCUT2D eigenvalue weighted by atomic mass is 19.1. The molecule has 4 rings (SSSR count). The van der Waals surface area contributed by atoms with Gasteiger partial charge in [-0.05, 0) is 36.6 Å². The summed E-state index contributed by atoms with van der Waals surface area (Å²) in [5.41, 5.74) is 2.35. The predicted octanol–water partition coefficient (Wildman–Crippen LogP) is 3.54. The van der Waals surface area contributed by atoms with E-state index < -0.39 is 11.6 Å². The molecule has 1 fully saturated rings.